The number of pyridine rings is 1. The molecule has 0 bridgehead atoms. The van der Waals surface area contributed by atoms with Crippen molar-refractivity contribution >= 4 is 34.8 Å². The van der Waals surface area contributed by atoms with E-state index in [0.29, 0.717) is 47.1 Å². The number of carbonyl (C=O) groups is 1. The van der Waals surface area contributed by atoms with Crippen LogP contribution in [0.1, 0.15) is 18.7 Å². The van der Waals surface area contributed by atoms with E-state index in [1.807, 2.05) is 4.90 Å². The van der Waals surface area contributed by atoms with Crippen molar-refractivity contribution in [2.75, 3.05) is 23.3 Å². The highest BCUT2D eigenvalue weighted by atomic mass is 35.5. The number of hydrogen-bond acceptors (Lipinski definition) is 6. The number of nitrogens with one attached hydrogen (secondary N) is 1. The van der Waals surface area contributed by atoms with Gasteiger partial charge in [-0.25, -0.2) is 4.98 Å². The highest BCUT2D eigenvalue weighted by Gasteiger charge is 2.38. The molecule has 1 aliphatic rings. The number of hydrogen-bond donors (Lipinski definition) is 1. The molecule has 3 aromatic heterocycles. The fraction of sp³-hybridized carbons (Fsp3) is 0.353. The first kappa shape index (κ1) is 19.4. The van der Waals surface area contributed by atoms with Crippen LogP contribution >= 0.6 is 11.6 Å². The van der Waals surface area contributed by atoms with Gasteiger partial charge in [0.05, 0.1) is 5.02 Å². The van der Waals surface area contributed by atoms with Crippen molar-refractivity contribution < 1.29 is 18.0 Å². The minimum atomic E-state index is -4.65. The number of carbonyl (C=O) groups excluding carboxylic acids is 1. The van der Waals surface area contributed by atoms with Crippen molar-refractivity contribution in [3.05, 3.63) is 41.3 Å². The summed E-state index contributed by atoms with van der Waals surface area (Å²) in [5.74, 6) is -0.754. The lowest BCUT2D eigenvalue weighted by Gasteiger charge is -2.31. The molecule has 0 spiro atoms. The minimum Gasteiger partial charge on any atom is -0.355 e. The van der Waals surface area contributed by atoms with Crippen LogP contribution in [0.5, 0.6) is 0 Å². The molecule has 1 saturated heterocycles. The fourth-order valence-corrected chi connectivity index (χ4v) is 3.29. The van der Waals surface area contributed by atoms with E-state index >= 15 is 0 Å². The van der Waals surface area contributed by atoms with Gasteiger partial charge in [-0.05, 0) is 37.1 Å². The Kier molecular flexibility index (Phi) is 4.99. The number of rotatable bonds is 3. The first-order chi connectivity index (χ1) is 13.8. The summed E-state index contributed by atoms with van der Waals surface area (Å²) in [7, 11) is 0. The number of aromatic nitrogens is 5. The van der Waals surface area contributed by atoms with E-state index < -0.39 is 12.0 Å². The monoisotopic (exact) mass is 425 g/mol. The molecule has 0 aromatic carbocycles. The lowest BCUT2D eigenvalue weighted by atomic mass is 9.96. The number of halogens is 4. The number of nitrogens with zero attached hydrogens (tertiary/aromatic N) is 6. The molecule has 1 N–H and O–H groups in total. The molecule has 29 heavy (non-hydrogen) atoms. The average Bonchev–Trinajstić information content (AvgIpc) is 3.13. The van der Waals surface area contributed by atoms with Crippen molar-refractivity contribution in [1.29, 1.82) is 0 Å². The molecule has 3 aromatic rings. The van der Waals surface area contributed by atoms with E-state index in [-0.39, 0.29) is 17.5 Å². The molecule has 1 aliphatic heterocycles. The lowest BCUT2D eigenvalue weighted by Crippen LogP contribution is -2.38. The SMILES string of the molecule is O=C(Nc1ccc(Cl)cn1)C1CCN(c2ccc3nnc(C(F)(F)F)n3n2)CC1. The third-order valence-electron chi connectivity index (χ3n) is 4.67. The van der Waals surface area contributed by atoms with E-state index in [4.69, 9.17) is 11.6 Å². The van der Waals surface area contributed by atoms with Gasteiger partial charge in [0.15, 0.2) is 5.65 Å². The Morgan fingerprint density at radius 1 is 1.14 bits per heavy atom. The third kappa shape index (κ3) is 4.09. The maximum atomic E-state index is 13.0. The number of amides is 1. The molecule has 4 heterocycles. The third-order valence-corrected chi connectivity index (χ3v) is 4.89. The summed E-state index contributed by atoms with van der Waals surface area (Å²) < 4.78 is 39.8. The van der Waals surface area contributed by atoms with Crippen LogP contribution in [0.3, 0.4) is 0 Å². The Morgan fingerprint density at radius 2 is 1.90 bits per heavy atom. The first-order valence-electron chi connectivity index (χ1n) is 8.78. The average molecular weight is 426 g/mol. The largest absolute Gasteiger partial charge is 0.453 e. The Hall–Kier alpha value is -2.95. The Labute approximate surface area is 167 Å². The lowest BCUT2D eigenvalue weighted by molar-refractivity contribution is -0.146. The topological polar surface area (TPSA) is 88.3 Å². The molecule has 1 fully saturated rings. The zero-order valence-electron chi connectivity index (χ0n) is 14.9. The second kappa shape index (κ2) is 7.47. The van der Waals surface area contributed by atoms with Crippen molar-refractivity contribution in [3.63, 3.8) is 0 Å². The van der Waals surface area contributed by atoms with Crippen LogP contribution in [0.4, 0.5) is 24.8 Å². The molecule has 152 valence electrons. The van der Waals surface area contributed by atoms with Gasteiger partial charge in [-0.15, -0.1) is 15.3 Å². The van der Waals surface area contributed by atoms with Crippen LogP contribution in [0.25, 0.3) is 5.65 Å². The van der Waals surface area contributed by atoms with Crippen LogP contribution in [0, 0.1) is 5.92 Å². The predicted octanol–water partition coefficient (Wildman–Crippen LogP) is 3.05. The maximum Gasteiger partial charge on any atom is 0.453 e. The molecule has 0 aliphatic carbocycles. The van der Waals surface area contributed by atoms with Gasteiger partial charge in [0.25, 0.3) is 5.82 Å². The van der Waals surface area contributed by atoms with Gasteiger partial charge in [-0.3, -0.25) is 4.79 Å². The van der Waals surface area contributed by atoms with Crippen molar-refractivity contribution in [2.45, 2.75) is 19.0 Å². The van der Waals surface area contributed by atoms with Crippen LogP contribution in [-0.2, 0) is 11.0 Å². The molecule has 4 rings (SSSR count). The summed E-state index contributed by atoms with van der Waals surface area (Å²) in [6, 6.07) is 6.29. The molecule has 8 nitrogen and oxygen atoms in total. The smallest absolute Gasteiger partial charge is 0.355 e. The summed E-state index contributed by atoms with van der Waals surface area (Å²) in [5.41, 5.74) is 0.0193. The van der Waals surface area contributed by atoms with Crippen LogP contribution in [0.15, 0.2) is 30.5 Å². The summed E-state index contributed by atoms with van der Waals surface area (Å²) in [5, 5.41) is 13.9. The Morgan fingerprint density at radius 3 is 2.55 bits per heavy atom. The quantitative estimate of drug-likeness (QED) is 0.694. The van der Waals surface area contributed by atoms with E-state index in [1.54, 1.807) is 18.2 Å². The zero-order chi connectivity index (χ0) is 20.6. The van der Waals surface area contributed by atoms with Gasteiger partial charge in [0, 0.05) is 25.2 Å². The first-order valence-corrected chi connectivity index (χ1v) is 9.16. The molecule has 0 saturated carbocycles. The fourth-order valence-electron chi connectivity index (χ4n) is 3.17. The molecule has 0 unspecified atom stereocenters. The second-order valence-electron chi connectivity index (χ2n) is 6.60. The molecule has 1 amide bonds. The van der Waals surface area contributed by atoms with Crippen LogP contribution in [0.2, 0.25) is 5.02 Å². The van der Waals surface area contributed by atoms with Gasteiger partial charge in [-0.1, -0.05) is 11.6 Å². The van der Waals surface area contributed by atoms with Gasteiger partial charge < -0.3 is 10.2 Å². The van der Waals surface area contributed by atoms with E-state index in [0.717, 1.165) is 0 Å². The predicted molar refractivity (Wildman–Crippen MR) is 98.6 cm³/mol. The van der Waals surface area contributed by atoms with Crippen LogP contribution in [-0.4, -0.2) is 43.8 Å². The Bertz CT molecular complexity index is 1030. The summed E-state index contributed by atoms with van der Waals surface area (Å²) in [6.07, 6.45) is -2.13. The van der Waals surface area contributed by atoms with E-state index in [1.165, 1.54) is 12.3 Å². The number of alkyl halides is 3. The molecular weight excluding hydrogens is 411 g/mol. The minimum absolute atomic E-state index is 0.0193. The summed E-state index contributed by atoms with van der Waals surface area (Å²) >= 11 is 5.78. The summed E-state index contributed by atoms with van der Waals surface area (Å²) in [6.45, 7) is 0.961. The number of fused-ring (bicyclic) bond motifs is 1. The second-order valence-corrected chi connectivity index (χ2v) is 7.03. The van der Waals surface area contributed by atoms with E-state index in [9.17, 15) is 18.0 Å². The number of piperidine rings is 1. The molecular formula is C17H15ClF3N7O. The standard InChI is InChI=1S/C17H15ClF3N7O/c18-11-1-2-12(22-9-11)23-15(29)10-5-7-27(8-6-10)14-4-3-13-24-25-16(17(19,20)21)28(13)26-14/h1-4,9-10H,5-8H2,(H,22,23,29). The van der Waals surface area contributed by atoms with Gasteiger partial charge >= 0.3 is 6.18 Å². The summed E-state index contributed by atoms with van der Waals surface area (Å²) in [4.78, 5) is 18.3. The van der Waals surface area contributed by atoms with Gasteiger partial charge in [0.1, 0.15) is 11.6 Å². The van der Waals surface area contributed by atoms with Gasteiger partial charge in [0.2, 0.25) is 5.91 Å². The normalized spacial score (nSPS) is 15.7. The van der Waals surface area contributed by atoms with Crippen molar-refractivity contribution in [2.24, 2.45) is 5.92 Å². The van der Waals surface area contributed by atoms with Crippen molar-refractivity contribution in [3.8, 4) is 0 Å². The zero-order valence-corrected chi connectivity index (χ0v) is 15.7. The van der Waals surface area contributed by atoms with Gasteiger partial charge in [-0.2, -0.15) is 17.7 Å². The molecule has 0 atom stereocenters. The molecule has 0 radical (unpaired) electrons. The van der Waals surface area contributed by atoms with Crippen molar-refractivity contribution in [1.82, 2.24) is 24.8 Å². The number of anilines is 2. The van der Waals surface area contributed by atoms with Crippen LogP contribution < -0.4 is 10.2 Å². The highest BCUT2D eigenvalue weighted by Crippen LogP contribution is 2.29. The maximum absolute atomic E-state index is 13.0. The Balaban J connectivity index is 1.42. The highest BCUT2D eigenvalue weighted by molar-refractivity contribution is 6.30. The molecule has 12 heteroatoms. The van der Waals surface area contributed by atoms with E-state index in [2.05, 4.69) is 25.6 Å².